The first kappa shape index (κ1) is 17.0. The fourth-order valence-electron chi connectivity index (χ4n) is 1.98. The van der Waals surface area contributed by atoms with E-state index in [4.69, 9.17) is 4.74 Å². The second-order valence-corrected chi connectivity index (χ2v) is 5.80. The van der Waals surface area contributed by atoms with Crippen LogP contribution in [0.25, 0.3) is 0 Å². The van der Waals surface area contributed by atoms with E-state index in [0.29, 0.717) is 0 Å². The Morgan fingerprint density at radius 2 is 2.04 bits per heavy atom. The SMILES string of the molecule is C[C@H](NC(=O)COc1cccc([N+](=O)[O-])c1)c1cccc(Br)c1. The maximum atomic E-state index is 11.9. The van der Waals surface area contributed by atoms with Crippen molar-refractivity contribution < 1.29 is 14.5 Å². The van der Waals surface area contributed by atoms with Gasteiger partial charge in [-0.3, -0.25) is 14.9 Å². The number of ether oxygens (including phenoxy) is 1. The molecular weight excluding hydrogens is 364 g/mol. The number of hydrogen-bond donors (Lipinski definition) is 1. The highest BCUT2D eigenvalue weighted by molar-refractivity contribution is 9.10. The van der Waals surface area contributed by atoms with E-state index in [9.17, 15) is 14.9 Å². The Kier molecular flexibility index (Phi) is 5.70. The Bertz CT molecular complexity index is 721. The van der Waals surface area contributed by atoms with Crippen molar-refractivity contribution in [3.8, 4) is 5.75 Å². The van der Waals surface area contributed by atoms with E-state index in [1.54, 1.807) is 6.07 Å². The summed E-state index contributed by atoms with van der Waals surface area (Å²) in [5, 5.41) is 13.5. The van der Waals surface area contributed by atoms with Gasteiger partial charge in [0.05, 0.1) is 17.0 Å². The van der Waals surface area contributed by atoms with Crippen molar-refractivity contribution >= 4 is 27.5 Å². The number of nitrogens with one attached hydrogen (secondary N) is 1. The minimum atomic E-state index is -0.512. The number of benzene rings is 2. The fourth-order valence-corrected chi connectivity index (χ4v) is 2.40. The molecule has 1 atom stereocenters. The maximum absolute atomic E-state index is 11.9. The number of carbonyl (C=O) groups is 1. The fraction of sp³-hybridized carbons (Fsp3) is 0.188. The molecule has 2 aromatic carbocycles. The van der Waals surface area contributed by atoms with E-state index in [0.717, 1.165) is 10.0 Å². The van der Waals surface area contributed by atoms with Crippen molar-refractivity contribution in [2.75, 3.05) is 6.61 Å². The van der Waals surface area contributed by atoms with Gasteiger partial charge in [0.2, 0.25) is 0 Å². The first-order chi connectivity index (χ1) is 11.0. The standard InChI is InChI=1S/C16H15BrN2O4/c1-11(12-4-2-5-13(17)8-12)18-16(20)10-23-15-7-3-6-14(9-15)19(21)22/h2-9,11H,10H2,1H3,(H,18,20)/t11-/m0/s1. The molecule has 0 aliphatic carbocycles. The summed E-state index contributed by atoms with van der Waals surface area (Å²) >= 11 is 3.38. The van der Waals surface area contributed by atoms with Gasteiger partial charge in [-0.15, -0.1) is 0 Å². The number of nitro groups is 1. The van der Waals surface area contributed by atoms with Gasteiger partial charge in [0.1, 0.15) is 5.75 Å². The van der Waals surface area contributed by atoms with Gasteiger partial charge in [-0.2, -0.15) is 0 Å². The van der Waals surface area contributed by atoms with Crippen LogP contribution in [-0.4, -0.2) is 17.4 Å². The van der Waals surface area contributed by atoms with Crippen LogP contribution in [0, 0.1) is 10.1 Å². The van der Waals surface area contributed by atoms with Crippen LogP contribution in [0.3, 0.4) is 0 Å². The monoisotopic (exact) mass is 378 g/mol. The average molecular weight is 379 g/mol. The maximum Gasteiger partial charge on any atom is 0.273 e. The van der Waals surface area contributed by atoms with Crippen molar-refractivity contribution in [1.29, 1.82) is 0 Å². The van der Waals surface area contributed by atoms with Crippen LogP contribution in [0.4, 0.5) is 5.69 Å². The van der Waals surface area contributed by atoms with Crippen LogP contribution < -0.4 is 10.1 Å². The minimum Gasteiger partial charge on any atom is -0.484 e. The average Bonchev–Trinajstić information content (AvgIpc) is 2.53. The third kappa shape index (κ3) is 5.07. The molecule has 0 saturated heterocycles. The molecule has 0 aromatic heterocycles. The number of halogens is 1. The first-order valence-corrected chi connectivity index (χ1v) is 7.67. The summed E-state index contributed by atoms with van der Waals surface area (Å²) in [5.74, 6) is -0.0200. The largest absolute Gasteiger partial charge is 0.484 e. The lowest BCUT2D eigenvalue weighted by Gasteiger charge is -2.15. The van der Waals surface area contributed by atoms with E-state index in [-0.39, 0.29) is 30.0 Å². The smallest absolute Gasteiger partial charge is 0.273 e. The zero-order valence-electron chi connectivity index (χ0n) is 12.4. The van der Waals surface area contributed by atoms with E-state index in [2.05, 4.69) is 21.2 Å². The molecule has 0 aliphatic rings. The molecular formula is C16H15BrN2O4. The summed E-state index contributed by atoms with van der Waals surface area (Å²) in [6.07, 6.45) is 0. The molecule has 2 aromatic rings. The first-order valence-electron chi connectivity index (χ1n) is 6.88. The Labute approximate surface area is 141 Å². The van der Waals surface area contributed by atoms with E-state index < -0.39 is 4.92 Å². The second-order valence-electron chi connectivity index (χ2n) is 4.89. The molecule has 1 amide bonds. The van der Waals surface area contributed by atoms with E-state index >= 15 is 0 Å². The molecule has 0 saturated carbocycles. The molecule has 0 heterocycles. The molecule has 1 N–H and O–H groups in total. The summed E-state index contributed by atoms with van der Waals surface area (Å²) in [6, 6.07) is 13.2. The topological polar surface area (TPSA) is 81.5 Å². The van der Waals surface area contributed by atoms with Crippen LogP contribution in [-0.2, 0) is 4.79 Å². The zero-order valence-corrected chi connectivity index (χ0v) is 13.9. The Morgan fingerprint density at radius 3 is 2.74 bits per heavy atom. The van der Waals surface area contributed by atoms with Crippen LogP contribution >= 0.6 is 15.9 Å². The van der Waals surface area contributed by atoms with Crippen LogP contribution in [0.5, 0.6) is 5.75 Å². The molecule has 23 heavy (non-hydrogen) atoms. The lowest BCUT2D eigenvalue weighted by Crippen LogP contribution is -2.31. The van der Waals surface area contributed by atoms with Gasteiger partial charge in [0.25, 0.3) is 11.6 Å². The van der Waals surface area contributed by atoms with Gasteiger partial charge < -0.3 is 10.1 Å². The van der Waals surface area contributed by atoms with Gasteiger partial charge in [0.15, 0.2) is 6.61 Å². The molecule has 120 valence electrons. The van der Waals surface area contributed by atoms with Crippen LogP contribution in [0.2, 0.25) is 0 Å². The number of carbonyl (C=O) groups excluding carboxylic acids is 1. The number of nitro benzene ring substituents is 1. The zero-order chi connectivity index (χ0) is 16.8. The number of nitrogens with zero attached hydrogens (tertiary/aromatic N) is 1. The number of non-ortho nitro benzene ring substituents is 1. The van der Waals surface area contributed by atoms with Crippen molar-refractivity contribution in [3.05, 3.63) is 68.7 Å². The van der Waals surface area contributed by atoms with E-state index in [1.807, 2.05) is 31.2 Å². The molecule has 0 spiro atoms. The predicted octanol–water partition coefficient (Wildman–Crippen LogP) is 3.61. The normalized spacial score (nSPS) is 11.6. The number of hydrogen-bond acceptors (Lipinski definition) is 4. The third-order valence-electron chi connectivity index (χ3n) is 3.12. The van der Waals surface area contributed by atoms with Gasteiger partial charge in [-0.1, -0.05) is 34.1 Å². The van der Waals surface area contributed by atoms with Gasteiger partial charge in [-0.05, 0) is 30.7 Å². The van der Waals surface area contributed by atoms with Crippen molar-refractivity contribution in [3.63, 3.8) is 0 Å². The summed E-state index contributed by atoms with van der Waals surface area (Å²) in [4.78, 5) is 22.1. The minimum absolute atomic E-state index is 0.0783. The molecule has 0 aliphatic heterocycles. The second kappa shape index (κ2) is 7.73. The van der Waals surface area contributed by atoms with Crippen LogP contribution in [0.15, 0.2) is 53.0 Å². The molecule has 0 unspecified atom stereocenters. The Hall–Kier alpha value is -2.41. The molecule has 0 radical (unpaired) electrons. The lowest BCUT2D eigenvalue weighted by molar-refractivity contribution is -0.384. The highest BCUT2D eigenvalue weighted by Gasteiger charge is 2.11. The molecule has 7 heteroatoms. The molecule has 0 fully saturated rings. The summed E-state index contributed by atoms with van der Waals surface area (Å²) in [6.45, 7) is 1.66. The quantitative estimate of drug-likeness (QED) is 0.614. The van der Waals surface area contributed by atoms with Gasteiger partial charge in [-0.25, -0.2) is 0 Å². The van der Waals surface area contributed by atoms with Crippen LogP contribution in [0.1, 0.15) is 18.5 Å². The van der Waals surface area contributed by atoms with Crippen molar-refractivity contribution in [2.24, 2.45) is 0 Å². The summed E-state index contributed by atoms with van der Waals surface area (Å²) in [7, 11) is 0. The van der Waals surface area contributed by atoms with Crippen molar-refractivity contribution in [1.82, 2.24) is 5.32 Å². The van der Waals surface area contributed by atoms with E-state index in [1.165, 1.54) is 18.2 Å². The highest BCUT2D eigenvalue weighted by atomic mass is 79.9. The molecule has 6 nitrogen and oxygen atoms in total. The van der Waals surface area contributed by atoms with Gasteiger partial charge in [0, 0.05) is 10.5 Å². The predicted molar refractivity (Wildman–Crippen MR) is 89.3 cm³/mol. The number of amides is 1. The number of rotatable bonds is 6. The highest BCUT2D eigenvalue weighted by Crippen LogP contribution is 2.20. The lowest BCUT2D eigenvalue weighted by atomic mass is 10.1. The van der Waals surface area contributed by atoms with Gasteiger partial charge >= 0.3 is 0 Å². The summed E-state index contributed by atoms with van der Waals surface area (Å²) < 4.78 is 6.23. The van der Waals surface area contributed by atoms with Crippen molar-refractivity contribution in [2.45, 2.75) is 13.0 Å². The molecule has 2 rings (SSSR count). The summed E-state index contributed by atoms with van der Waals surface area (Å²) in [5.41, 5.74) is 0.883. The molecule has 0 bridgehead atoms. The Morgan fingerprint density at radius 1 is 1.30 bits per heavy atom. The third-order valence-corrected chi connectivity index (χ3v) is 3.62. The Balaban J connectivity index is 1.90.